The zero-order chi connectivity index (χ0) is 25.8. The number of amides is 5. The van der Waals surface area contributed by atoms with E-state index in [1.807, 2.05) is 5.32 Å². The van der Waals surface area contributed by atoms with Crippen molar-refractivity contribution >= 4 is 35.5 Å². The lowest BCUT2D eigenvalue weighted by atomic mass is 10.0. The monoisotopic (exact) mass is 480 g/mol. The Kier molecular flexibility index (Phi) is 11.1. The van der Waals surface area contributed by atoms with E-state index in [9.17, 15) is 28.8 Å². The van der Waals surface area contributed by atoms with Crippen molar-refractivity contribution in [2.24, 2.45) is 17.2 Å². The van der Waals surface area contributed by atoms with Gasteiger partial charge < -0.3 is 43.4 Å². The molecule has 0 saturated heterocycles. The fourth-order valence-corrected chi connectivity index (χ4v) is 2.79. The average Bonchev–Trinajstić information content (AvgIpc) is 2.75. The van der Waals surface area contributed by atoms with Gasteiger partial charge in [0.1, 0.15) is 18.1 Å². The second kappa shape index (κ2) is 13.5. The van der Waals surface area contributed by atoms with Crippen molar-refractivity contribution in [3.8, 4) is 0 Å². The first-order valence-electron chi connectivity index (χ1n) is 10.1. The second-order valence-corrected chi connectivity index (χ2v) is 7.34. The molecule has 1 aromatic rings. The summed E-state index contributed by atoms with van der Waals surface area (Å²) in [5, 5.41) is 24.7. The maximum absolute atomic E-state index is 13.0. The summed E-state index contributed by atoms with van der Waals surface area (Å²) in [5.41, 5.74) is 16.4. The number of carboxylic acid groups (broad SMARTS) is 1. The molecular weight excluding hydrogens is 452 g/mol. The van der Waals surface area contributed by atoms with Crippen LogP contribution >= 0.6 is 0 Å². The molecule has 1 aromatic carbocycles. The molecule has 14 nitrogen and oxygen atoms in total. The first kappa shape index (κ1) is 28.0. The second-order valence-electron chi connectivity index (χ2n) is 7.34. The molecular formula is C20H28N6O8. The Balaban J connectivity index is 3.09. The van der Waals surface area contributed by atoms with Crippen LogP contribution in [0.15, 0.2) is 30.3 Å². The lowest BCUT2D eigenvalue weighted by molar-refractivity contribution is -0.143. The van der Waals surface area contributed by atoms with Gasteiger partial charge in [0.15, 0.2) is 0 Å². The van der Waals surface area contributed by atoms with Gasteiger partial charge in [0, 0.05) is 6.42 Å². The summed E-state index contributed by atoms with van der Waals surface area (Å²) in [4.78, 5) is 71.3. The van der Waals surface area contributed by atoms with Gasteiger partial charge in [-0.25, -0.2) is 4.79 Å². The minimum absolute atomic E-state index is 0.0546. The molecule has 4 unspecified atom stereocenters. The van der Waals surface area contributed by atoms with Gasteiger partial charge >= 0.3 is 5.97 Å². The predicted octanol–water partition coefficient (Wildman–Crippen LogP) is -4.16. The SMILES string of the molecule is NC(=O)CC(N)C(=O)NC(Cc1ccccc1)C(=O)NC(CC(N)=O)C(=O)NC(CO)C(=O)O. The molecule has 11 N–H and O–H groups in total. The van der Waals surface area contributed by atoms with Crippen LogP contribution in [0.25, 0.3) is 0 Å². The van der Waals surface area contributed by atoms with E-state index in [4.69, 9.17) is 27.4 Å². The van der Waals surface area contributed by atoms with Crippen molar-refractivity contribution in [2.75, 3.05) is 6.61 Å². The molecule has 0 aliphatic carbocycles. The molecule has 0 bridgehead atoms. The van der Waals surface area contributed by atoms with E-state index >= 15 is 0 Å². The van der Waals surface area contributed by atoms with E-state index in [1.54, 1.807) is 30.3 Å². The molecule has 5 amide bonds. The number of carbonyl (C=O) groups is 6. The Morgan fingerprint density at radius 2 is 1.26 bits per heavy atom. The van der Waals surface area contributed by atoms with E-state index in [-0.39, 0.29) is 6.42 Å². The summed E-state index contributed by atoms with van der Waals surface area (Å²) in [6.07, 6.45) is -1.22. The van der Waals surface area contributed by atoms with Gasteiger partial charge in [-0.2, -0.15) is 0 Å². The zero-order valence-electron chi connectivity index (χ0n) is 18.1. The summed E-state index contributed by atoms with van der Waals surface area (Å²) in [5.74, 6) is -6.23. The number of nitrogens with one attached hydrogen (secondary N) is 3. The van der Waals surface area contributed by atoms with Crippen LogP contribution in [0, 0.1) is 0 Å². The van der Waals surface area contributed by atoms with Crippen LogP contribution < -0.4 is 33.2 Å². The molecule has 34 heavy (non-hydrogen) atoms. The predicted molar refractivity (Wildman–Crippen MR) is 116 cm³/mol. The number of primary amides is 2. The molecule has 1 rings (SSSR count). The first-order chi connectivity index (χ1) is 15.9. The molecule has 0 fully saturated rings. The maximum Gasteiger partial charge on any atom is 0.328 e. The number of hydrogen-bond donors (Lipinski definition) is 8. The highest BCUT2D eigenvalue weighted by Gasteiger charge is 2.31. The normalized spacial score (nSPS) is 14.1. The summed E-state index contributed by atoms with van der Waals surface area (Å²) < 4.78 is 0. The molecule has 14 heteroatoms. The van der Waals surface area contributed by atoms with Gasteiger partial charge in [-0.15, -0.1) is 0 Å². The van der Waals surface area contributed by atoms with Gasteiger partial charge in [-0.3, -0.25) is 24.0 Å². The minimum atomic E-state index is -1.69. The Bertz CT molecular complexity index is 910. The number of aliphatic carboxylic acids is 1. The minimum Gasteiger partial charge on any atom is -0.480 e. The summed E-state index contributed by atoms with van der Waals surface area (Å²) in [6.45, 7) is -0.942. The summed E-state index contributed by atoms with van der Waals surface area (Å²) in [6, 6.07) is 2.51. The fourth-order valence-electron chi connectivity index (χ4n) is 2.79. The van der Waals surface area contributed by atoms with Crippen LogP contribution in [0.4, 0.5) is 0 Å². The van der Waals surface area contributed by atoms with Crippen molar-refractivity contribution < 1.29 is 39.0 Å². The summed E-state index contributed by atoms with van der Waals surface area (Å²) in [7, 11) is 0. The molecule has 0 spiro atoms. The highest BCUT2D eigenvalue weighted by Crippen LogP contribution is 2.06. The average molecular weight is 480 g/mol. The van der Waals surface area contributed by atoms with Crippen LogP contribution in [-0.2, 0) is 35.2 Å². The quantitative estimate of drug-likeness (QED) is 0.128. The molecule has 0 heterocycles. The topological polar surface area (TPSA) is 257 Å². The van der Waals surface area contributed by atoms with Gasteiger partial charge in [-0.1, -0.05) is 30.3 Å². The van der Waals surface area contributed by atoms with Crippen molar-refractivity contribution in [3.63, 3.8) is 0 Å². The lowest BCUT2D eigenvalue weighted by Gasteiger charge is -2.24. The van der Waals surface area contributed by atoms with Crippen LogP contribution in [0.1, 0.15) is 18.4 Å². The van der Waals surface area contributed by atoms with Crippen LogP contribution in [0.3, 0.4) is 0 Å². The van der Waals surface area contributed by atoms with Gasteiger partial charge in [0.2, 0.25) is 29.5 Å². The van der Waals surface area contributed by atoms with Crippen LogP contribution in [-0.4, -0.2) is 76.5 Å². The highest BCUT2D eigenvalue weighted by molar-refractivity contribution is 5.96. The van der Waals surface area contributed by atoms with E-state index in [1.165, 1.54) is 0 Å². The number of carboxylic acids is 1. The van der Waals surface area contributed by atoms with Gasteiger partial charge in [0.05, 0.1) is 25.5 Å². The van der Waals surface area contributed by atoms with E-state index in [2.05, 4.69) is 10.6 Å². The van der Waals surface area contributed by atoms with Crippen molar-refractivity contribution in [3.05, 3.63) is 35.9 Å². The first-order valence-corrected chi connectivity index (χ1v) is 10.1. The number of aliphatic hydroxyl groups excluding tert-OH is 1. The molecule has 0 saturated carbocycles. The number of aliphatic hydroxyl groups is 1. The number of rotatable bonds is 14. The maximum atomic E-state index is 13.0. The number of carbonyl (C=O) groups excluding carboxylic acids is 5. The van der Waals surface area contributed by atoms with Crippen molar-refractivity contribution in [1.82, 2.24) is 16.0 Å². The Hall–Kier alpha value is -4.04. The third-order valence-electron chi connectivity index (χ3n) is 4.51. The highest BCUT2D eigenvalue weighted by atomic mass is 16.4. The molecule has 0 radical (unpaired) electrons. The van der Waals surface area contributed by atoms with E-state index in [0.717, 1.165) is 0 Å². The Morgan fingerprint density at radius 1 is 0.765 bits per heavy atom. The zero-order valence-corrected chi connectivity index (χ0v) is 18.1. The van der Waals surface area contributed by atoms with E-state index in [0.29, 0.717) is 5.56 Å². The molecule has 4 atom stereocenters. The van der Waals surface area contributed by atoms with Crippen molar-refractivity contribution in [2.45, 2.75) is 43.4 Å². The number of nitrogens with two attached hydrogens (primary N) is 3. The smallest absolute Gasteiger partial charge is 0.328 e. The third-order valence-corrected chi connectivity index (χ3v) is 4.51. The van der Waals surface area contributed by atoms with Crippen LogP contribution in [0.5, 0.6) is 0 Å². The van der Waals surface area contributed by atoms with Gasteiger partial charge in [-0.05, 0) is 5.56 Å². The standard InChI is InChI=1S/C20H28N6O8/c21-11(7-15(22)28)17(30)24-12(6-10-4-2-1-3-5-10)18(31)25-13(8-16(23)29)19(32)26-14(9-27)20(33)34/h1-5,11-14,27H,6-9,21H2,(H2,22,28)(H2,23,29)(H,24,30)(H,25,31)(H,26,32)(H,33,34). The third kappa shape index (κ3) is 9.62. The Morgan fingerprint density at radius 3 is 1.76 bits per heavy atom. The molecule has 0 aromatic heterocycles. The van der Waals surface area contributed by atoms with Gasteiger partial charge in [0.25, 0.3) is 0 Å². The molecule has 0 aliphatic rings. The van der Waals surface area contributed by atoms with Crippen LogP contribution in [0.2, 0.25) is 0 Å². The largest absolute Gasteiger partial charge is 0.480 e. The van der Waals surface area contributed by atoms with Crippen molar-refractivity contribution in [1.29, 1.82) is 0 Å². The fraction of sp³-hybridized carbons (Fsp3) is 0.400. The number of hydrogen-bond acceptors (Lipinski definition) is 8. The van der Waals surface area contributed by atoms with E-state index < -0.39 is 79.1 Å². The lowest BCUT2D eigenvalue weighted by Crippen LogP contribution is -2.58. The summed E-state index contributed by atoms with van der Waals surface area (Å²) >= 11 is 0. The number of benzene rings is 1. The molecule has 186 valence electrons. The Labute approximate surface area is 194 Å². The molecule has 0 aliphatic heterocycles.